The van der Waals surface area contributed by atoms with Crippen molar-refractivity contribution in [2.24, 2.45) is 4.99 Å². The molecule has 0 aliphatic carbocycles. The first kappa shape index (κ1) is 13.7. The van der Waals surface area contributed by atoms with Crippen molar-refractivity contribution in [3.05, 3.63) is 51.7 Å². The molecule has 1 aliphatic rings. The van der Waals surface area contributed by atoms with Gasteiger partial charge in [-0.05, 0) is 23.1 Å². The number of ketones is 1. The number of aliphatic imine (C=N–C) groups is 1. The number of benzene rings is 1. The van der Waals surface area contributed by atoms with Crippen LogP contribution in [0.3, 0.4) is 0 Å². The molecule has 0 radical (unpaired) electrons. The normalized spacial score (nSPS) is 12.7. The van der Waals surface area contributed by atoms with Gasteiger partial charge < -0.3 is 4.74 Å². The quantitative estimate of drug-likeness (QED) is 0.643. The molecular formula is C16H13NO3S. The van der Waals surface area contributed by atoms with E-state index in [1.807, 2.05) is 29.6 Å². The van der Waals surface area contributed by atoms with Crippen LogP contribution in [0.25, 0.3) is 0 Å². The van der Waals surface area contributed by atoms with Crippen LogP contribution in [0, 0.1) is 0 Å². The van der Waals surface area contributed by atoms with Crippen molar-refractivity contribution in [3.8, 4) is 0 Å². The van der Waals surface area contributed by atoms with Crippen molar-refractivity contribution >= 4 is 34.5 Å². The Labute approximate surface area is 126 Å². The highest BCUT2D eigenvalue weighted by atomic mass is 32.1. The highest BCUT2D eigenvalue weighted by Gasteiger charge is 2.19. The van der Waals surface area contributed by atoms with Gasteiger partial charge in [0.1, 0.15) is 0 Å². The van der Waals surface area contributed by atoms with Crippen LogP contribution in [0.1, 0.15) is 27.2 Å². The monoisotopic (exact) mass is 299 g/mol. The summed E-state index contributed by atoms with van der Waals surface area (Å²) < 4.78 is 4.65. The number of carbonyl (C=O) groups excluding carboxylic acids is 2. The summed E-state index contributed by atoms with van der Waals surface area (Å²) in [5.41, 5.74) is 3.21. The molecule has 0 amide bonds. The fraction of sp³-hybridized carbons (Fsp3) is 0.188. The smallest absolute Gasteiger partial charge is 0.311 e. The van der Waals surface area contributed by atoms with Crippen LogP contribution in [0.15, 0.2) is 40.7 Å². The van der Waals surface area contributed by atoms with Gasteiger partial charge in [0, 0.05) is 17.7 Å². The SMILES string of the molecule is COC(=O)CC1=Nc2cc(C(=O)c3cccs3)ccc2C1. The lowest BCUT2D eigenvalue weighted by atomic mass is 10.0. The minimum Gasteiger partial charge on any atom is -0.469 e. The van der Waals surface area contributed by atoms with Gasteiger partial charge in [-0.3, -0.25) is 14.6 Å². The van der Waals surface area contributed by atoms with E-state index in [9.17, 15) is 9.59 Å². The van der Waals surface area contributed by atoms with E-state index in [1.54, 1.807) is 6.07 Å². The Morgan fingerprint density at radius 2 is 2.19 bits per heavy atom. The van der Waals surface area contributed by atoms with Crippen LogP contribution in [-0.2, 0) is 16.0 Å². The zero-order valence-electron chi connectivity index (χ0n) is 11.5. The average Bonchev–Trinajstić information content (AvgIpc) is 3.14. The molecule has 0 spiro atoms. The Balaban J connectivity index is 1.84. The molecule has 21 heavy (non-hydrogen) atoms. The number of ether oxygens (including phenoxy) is 1. The van der Waals surface area contributed by atoms with Gasteiger partial charge in [-0.15, -0.1) is 11.3 Å². The lowest BCUT2D eigenvalue weighted by molar-refractivity contribution is -0.139. The molecule has 0 atom stereocenters. The van der Waals surface area contributed by atoms with E-state index < -0.39 is 0 Å². The number of rotatable bonds is 4. The summed E-state index contributed by atoms with van der Waals surface area (Å²) in [7, 11) is 1.36. The van der Waals surface area contributed by atoms with E-state index in [0.717, 1.165) is 17.0 Å². The molecule has 0 saturated carbocycles. The van der Waals surface area contributed by atoms with Gasteiger partial charge in [-0.2, -0.15) is 0 Å². The van der Waals surface area contributed by atoms with E-state index in [4.69, 9.17) is 0 Å². The summed E-state index contributed by atoms with van der Waals surface area (Å²) in [4.78, 5) is 28.7. The summed E-state index contributed by atoms with van der Waals surface area (Å²) in [6.45, 7) is 0. The van der Waals surface area contributed by atoms with E-state index in [1.165, 1.54) is 18.4 Å². The molecule has 1 aromatic heterocycles. The van der Waals surface area contributed by atoms with Gasteiger partial charge in [-0.25, -0.2) is 0 Å². The molecule has 0 bridgehead atoms. The van der Waals surface area contributed by atoms with Crippen LogP contribution < -0.4 is 0 Å². The second-order valence-corrected chi connectivity index (χ2v) is 5.71. The number of carbonyl (C=O) groups is 2. The van der Waals surface area contributed by atoms with Crippen molar-refractivity contribution < 1.29 is 14.3 Å². The lowest BCUT2D eigenvalue weighted by Crippen LogP contribution is -2.08. The number of hydrogen-bond acceptors (Lipinski definition) is 5. The molecule has 106 valence electrons. The zero-order valence-corrected chi connectivity index (χ0v) is 12.3. The standard InChI is InChI=1S/C16H13NO3S/c1-20-15(18)9-12-7-10-4-5-11(8-13(10)17-12)16(19)14-3-2-6-21-14/h2-6,8H,7,9H2,1H3. The van der Waals surface area contributed by atoms with E-state index >= 15 is 0 Å². The Bertz CT molecular complexity index is 732. The van der Waals surface area contributed by atoms with Crippen molar-refractivity contribution in [2.75, 3.05) is 7.11 Å². The minimum absolute atomic E-state index is 0.00409. The number of esters is 1. The van der Waals surface area contributed by atoms with Gasteiger partial charge in [0.05, 0.1) is 24.1 Å². The van der Waals surface area contributed by atoms with Crippen LogP contribution >= 0.6 is 11.3 Å². The van der Waals surface area contributed by atoms with E-state index in [2.05, 4.69) is 9.73 Å². The minimum atomic E-state index is -0.295. The Hall–Kier alpha value is -2.27. The summed E-state index contributed by atoms with van der Waals surface area (Å²) in [6, 6.07) is 9.19. The lowest BCUT2D eigenvalue weighted by Gasteiger charge is -2.01. The molecule has 1 aromatic carbocycles. The maximum Gasteiger partial charge on any atom is 0.311 e. The Morgan fingerprint density at radius 3 is 2.90 bits per heavy atom. The topological polar surface area (TPSA) is 55.7 Å². The number of thiophene rings is 1. The molecule has 1 aliphatic heterocycles. The van der Waals surface area contributed by atoms with Crippen LogP contribution in [0.2, 0.25) is 0 Å². The number of methoxy groups -OCH3 is 1. The zero-order chi connectivity index (χ0) is 14.8. The Morgan fingerprint density at radius 1 is 1.33 bits per heavy atom. The number of nitrogens with zero attached hydrogens (tertiary/aromatic N) is 1. The molecule has 5 heteroatoms. The highest BCUT2D eigenvalue weighted by molar-refractivity contribution is 7.12. The molecular weight excluding hydrogens is 286 g/mol. The van der Waals surface area contributed by atoms with E-state index in [-0.39, 0.29) is 18.2 Å². The second-order valence-electron chi connectivity index (χ2n) is 4.76. The van der Waals surface area contributed by atoms with Gasteiger partial charge in [0.2, 0.25) is 5.78 Å². The van der Waals surface area contributed by atoms with Crippen molar-refractivity contribution in [1.82, 2.24) is 0 Å². The molecule has 0 N–H and O–H groups in total. The van der Waals surface area contributed by atoms with Crippen molar-refractivity contribution in [3.63, 3.8) is 0 Å². The second kappa shape index (κ2) is 5.61. The maximum absolute atomic E-state index is 12.3. The van der Waals surface area contributed by atoms with Crippen LogP contribution in [0.4, 0.5) is 5.69 Å². The van der Waals surface area contributed by atoms with Crippen LogP contribution in [0.5, 0.6) is 0 Å². The van der Waals surface area contributed by atoms with Crippen molar-refractivity contribution in [1.29, 1.82) is 0 Å². The first-order valence-corrected chi connectivity index (χ1v) is 7.39. The number of hydrogen-bond donors (Lipinski definition) is 0. The maximum atomic E-state index is 12.3. The largest absolute Gasteiger partial charge is 0.469 e. The molecule has 0 fully saturated rings. The summed E-state index contributed by atoms with van der Waals surface area (Å²) in [5, 5.41) is 1.88. The predicted molar refractivity (Wildman–Crippen MR) is 81.6 cm³/mol. The van der Waals surface area contributed by atoms with Gasteiger partial charge >= 0.3 is 5.97 Å². The molecule has 2 aromatic rings. The van der Waals surface area contributed by atoms with Gasteiger partial charge in [-0.1, -0.05) is 18.2 Å². The summed E-state index contributed by atoms with van der Waals surface area (Å²) >= 11 is 1.42. The molecule has 2 heterocycles. The third-order valence-electron chi connectivity index (χ3n) is 3.34. The van der Waals surface area contributed by atoms with Crippen molar-refractivity contribution in [2.45, 2.75) is 12.8 Å². The molecule has 0 saturated heterocycles. The highest BCUT2D eigenvalue weighted by Crippen LogP contribution is 2.30. The van der Waals surface area contributed by atoms with Gasteiger partial charge in [0.25, 0.3) is 0 Å². The summed E-state index contributed by atoms with van der Waals surface area (Å²) in [5.74, 6) is -0.291. The van der Waals surface area contributed by atoms with E-state index in [0.29, 0.717) is 16.9 Å². The third-order valence-corrected chi connectivity index (χ3v) is 4.21. The summed E-state index contributed by atoms with van der Waals surface area (Å²) in [6.07, 6.45) is 0.831. The van der Waals surface area contributed by atoms with Crippen LogP contribution in [-0.4, -0.2) is 24.6 Å². The fourth-order valence-corrected chi connectivity index (χ4v) is 2.96. The van der Waals surface area contributed by atoms with Gasteiger partial charge in [0.15, 0.2) is 0 Å². The molecule has 4 nitrogen and oxygen atoms in total. The average molecular weight is 299 g/mol. The molecule has 3 rings (SSSR count). The first-order valence-electron chi connectivity index (χ1n) is 6.52. The molecule has 0 unspecified atom stereocenters. The third kappa shape index (κ3) is 2.78. The number of fused-ring (bicyclic) bond motifs is 1. The predicted octanol–water partition coefficient (Wildman–Crippen LogP) is 3.17. The fourth-order valence-electron chi connectivity index (χ4n) is 2.28. The Kier molecular flexibility index (Phi) is 3.66. The first-order chi connectivity index (χ1) is 10.2.